The van der Waals surface area contributed by atoms with Gasteiger partial charge < -0.3 is 20.4 Å². The predicted octanol–water partition coefficient (Wildman–Crippen LogP) is -0.705. The van der Waals surface area contributed by atoms with Crippen LogP contribution in [0.15, 0.2) is 0 Å². The van der Waals surface area contributed by atoms with Crippen LogP contribution in [0.25, 0.3) is 0 Å². The Kier molecular flexibility index (Phi) is 6.43. The molecule has 1 aliphatic rings. The third-order valence-electron chi connectivity index (χ3n) is 3.18. The number of nitrogens with one attached hydrogen (secondary N) is 1. The third kappa shape index (κ3) is 4.59. The number of carbonyl (C=O) groups is 1. The van der Waals surface area contributed by atoms with Gasteiger partial charge in [0.2, 0.25) is 5.91 Å². The van der Waals surface area contributed by atoms with Crippen molar-refractivity contribution >= 4 is 5.91 Å². The van der Waals surface area contributed by atoms with Crippen molar-refractivity contribution in [2.75, 3.05) is 13.2 Å². The van der Waals surface area contributed by atoms with Gasteiger partial charge in [-0.05, 0) is 12.8 Å². The first kappa shape index (κ1) is 14.4. The number of amides is 1. The van der Waals surface area contributed by atoms with Crippen molar-refractivity contribution < 1.29 is 19.8 Å². The topological polar surface area (TPSA) is 105 Å². The molecule has 0 aromatic carbocycles. The molecule has 5 N–H and O–H groups in total. The van der Waals surface area contributed by atoms with Gasteiger partial charge in [-0.3, -0.25) is 4.79 Å². The van der Waals surface area contributed by atoms with E-state index in [1.165, 1.54) is 0 Å². The van der Waals surface area contributed by atoms with E-state index in [0.717, 1.165) is 19.3 Å². The number of hydrogen-bond acceptors (Lipinski definition) is 5. The van der Waals surface area contributed by atoms with Gasteiger partial charge in [-0.2, -0.15) is 0 Å². The Morgan fingerprint density at radius 2 is 2.12 bits per heavy atom. The second-order valence-electron chi connectivity index (χ2n) is 4.53. The van der Waals surface area contributed by atoms with Gasteiger partial charge in [-0.25, -0.2) is 5.90 Å². The standard InChI is InChI=1S/C11H22N2O4/c12-17-7-8(6-14)13-11(16)9-4-2-1-3-5-10(9)15/h8-10,14-15H,1-7,12H2,(H,13,16). The van der Waals surface area contributed by atoms with Crippen LogP contribution in [-0.4, -0.2) is 41.5 Å². The Morgan fingerprint density at radius 3 is 2.76 bits per heavy atom. The van der Waals surface area contributed by atoms with Gasteiger partial charge in [0.05, 0.1) is 31.3 Å². The van der Waals surface area contributed by atoms with Crippen LogP contribution >= 0.6 is 0 Å². The zero-order valence-electron chi connectivity index (χ0n) is 9.97. The third-order valence-corrected chi connectivity index (χ3v) is 3.18. The van der Waals surface area contributed by atoms with Crippen LogP contribution < -0.4 is 11.2 Å². The first-order valence-corrected chi connectivity index (χ1v) is 6.10. The number of rotatable bonds is 5. The zero-order chi connectivity index (χ0) is 12.7. The quantitative estimate of drug-likeness (QED) is 0.379. The Morgan fingerprint density at radius 1 is 1.41 bits per heavy atom. The summed E-state index contributed by atoms with van der Waals surface area (Å²) in [6.45, 7) is -0.170. The van der Waals surface area contributed by atoms with Crippen molar-refractivity contribution in [1.82, 2.24) is 5.32 Å². The minimum absolute atomic E-state index is 0.0606. The Balaban J connectivity index is 2.48. The van der Waals surface area contributed by atoms with E-state index in [9.17, 15) is 9.90 Å². The molecule has 0 bridgehead atoms. The first-order chi connectivity index (χ1) is 8.19. The van der Waals surface area contributed by atoms with E-state index in [2.05, 4.69) is 10.2 Å². The van der Waals surface area contributed by atoms with Crippen LogP contribution in [0.4, 0.5) is 0 Å². The normalized spacial score (nSPS) is 27.2. The monoisotopic (exact) mass is 246 g/mol. The van der Waals surface area contributed by atoms with Gasteiger partial charge in [0, 0.05) is 0 Å². The lowest BCUT2D eigenvalue weighted by Crippen LogP contribution is -2.46. The summed E-state index contributed by atoms with van der Waals surface area (Å²) < 4.78 is 0. The highest BCUT2D eigenvalue weighted by molar-refractivity contribution is 5.79. The van der Waals surface area contributed by atoms with Crippen molar-refractivity contribution in [3.63, 3.8) is 0 Å². The largest absolute Gasteiger partial charge is 0.394 e. The van der Waals surface area contributed by atoms with E-state index in [1.54, 1.807) is 0 Å². The highest BCUT2D eigenvalue weighted by atomic mass is 16.6. The molecule has 100 valence electrons. The Labute approximate surface area is 101 Å². The molecule has 0 saturated heterocycles. The summed E-state index contributed by atoms with van der Waals surface area (Å²) in [5.74, 6) is 4.29. The molecule has 6 heteroatoms. The van der Waals surface area contributed by atoms with Gasteiger partial charge in [-0.15, -0.1) is 0 Å². The molecular formula is C11H22N2O4. The zero-order valence-corrected chi connectivity index (χ0v) is 9.97. The average Bonchev–Trinajstić information content (AvgIpc) is 2.53. The highest BCUT2D eigenvalue weighted by Gasteiger charge is 2.29. The number of aliphatic hydroxyl groups is 2. The van der Waals surface area contributed by atoms with Crippen LogP contribution in [-0.2, 0) is 9.63 Å². The fourth-order valence-corrected chi connectivity index (χ4v) is 2.16. The first-order valence-electron chi connectivity index (χ1n) is 6.10. The van der Waals surface area contributed by atoms with E-state index < -0.39 is 12.1 Å². The molecule has 0 aliphatic heterocycles. The second kappa shape index (κ2) is 7.60. The van der Waals surface area contributed by atoms with Gasteiger partial charge in [-0.1, -0.05) is 19.3 Å². The fourth-order valence-electron chi connectivity index (χ4n) is 2.16. The molecule has 0 radical (unpaired) electrons. The predicted molar refractivity (Wildman–Crippen MR) is 61.7 cm³/mol. The lowest BCUT2D eigenvalue weighted by Gasteiger charge is -2.22. The van der Waals surface area contributed by atoms with E-state index in [-0.39, 0.29) is 25.0 Å². The summed E-state index contributed by atoms with van der Waals surface area (Å²) in [5.41, 5.74) is 0. The summed E-state index contributed by atoms with van der Waals surface area (Å²) in [4.78, 5) is 16.3. The van der Waals surface area contributed by atoms with Crippen molar-refractivity contribution in [1.29, 1.82) is 0 Å². The SMILES string of the molecule is NOCC(CO)NC(=O)C1CCCCCC1O. The van der Waals surface area contributed by atoms with E-state index in [4.69, 9.17) is 11.0 Å². The molecule has 3 atom stereocenters. The molecule has 0 heterocycles. The van der Waals surface area contributed by atoms with Gasteiger partial charge >= 0.3 is 0 Å². The lowest BCUT2D eigenvalue weighted by atomic mass is 9.96. The summed E-state index contributed by atoms with van der Waals surface area (Å²) in [7, 11) is 0. The molecule has 3 unspecified atom stereocenters. The van der Waals surface area contributed by atoms with Gasteiger partial charge in [0.25, 0.3) is 0 Å². The fraction of sp³-hybridized carbons (Fsp3) is 0.909. The molecule has 1 amide bonds. The van der Waals surface area contributed by atoms with Crippen LogP contribution in [0, 0.1) is 5.92 Å². The van der Waals surface area contributed by atoms with Crippen LogP contribution in [0.1, 0.15) is 32.1 Å². The lowest BCUT2D eigenvalue weighted by molar-refractivity contribution is -0.130. The summed E-state index contributed by atoms with van der Waals surface area (Å²) in [6, 6.07) is -0.511. The van der Waals surface area contributed by atoms with Crippen molar-refractivity contribution in [3.8, 4) is 0 Å². The van der Waals surface area contributed by atoms with Gasteiger partial charge in [0.1, 0.15) is 0 Å². The minimum atomic E-state index is -0.587. The number of nitrogens with two attached hydrogens (primary N) is 1. The maximum absolute atomic E-state index is 11.9. The number of carbonyl (C=O) groups excluding carboxylic acids is 1. The summed E-state index contributed by atoms with van der Waals surface area (Å²) in [5, 5.41) is 21.5. The van der Waals surface area contributed by atoms with E-state index >= 15 is 0 Å². The smallest absolute Gasteiger partial charge is 0.226 e. The Bertz CT molecular complexity index is 238. The van der Waals surface area contributed by atoms with Crippen LogP contribution in [0.5, 0.6) is 0 Å². The number of hydrogen-bond donors (Lipinski definition) is 4. The summed E-state index contributed by atoms with van der Waals surface area (Å²) >= 11 is 0. The van der Waals surface area contributed by atoms with Crippen molar-refractivity contribution in [3.05, 3.63) is 0 Å². The summed E-state index contributed by atoms with van der Waals surface area (Å²) in [6.07, 6.45) is 3.72. The van der Waals surface area contributed by atoms with Gasteiger partial charge in [0.15, 0.2) is 0 Å². The van der Waals surface area contributed by atoms with Crippen molar-refractivity contribution in [2.45, 2.75) is 44.2 Å². The molecular weight excluding hydrogens is 224 g/mol. The van der Waals surface area contributed by atoms with E-state index in [0.29, 0.717) is 12.8 Å². The molecule has 0 aromatic rings. The molecule has 17 heavy (non-hydrogen) atoms. The van der Waals surface area contributed by atoms with Crippen molar-refractivity contribution in [2.24, 2.45) is 11.8 Å². The molecule has 0 aromatic heterocycles. The van der Waals surface area contributed by atoms with Crippen LogP contribution in [0.3, 0.4) is 0 Å². The van der Waals surface area contributed by atoms with E-state index in [1.807, 2.05) is 0 Å². The molecule has 1 saturated carbocycles. The minimum Gasteiger partial charge on any atom is -0.394 e. The molecule has 1 fully saturated rings. The Hall–Kier alpha value is -0.690. The molecule has 6 nitrogen and oxygen atoms in total. The second-order valence-corrected chi connectivity index (χ2v) is 4.53. The average molecular weight is 246 g/mol. The maximum atomic E-state index is 11.9. The van der Waals surface area contributed by atoms with Crippen LogP contribution in [0.2, 0.25) is 0 Å². The number of aliphatic hydroxyl groups excluding tert-OH is 2. The molecule has 1 aliphatic carbocycles. The highest BCUT2D eigenvalue weighted by Crippen LogP contribution is 2.23. The molecule has 0 spiro atoms. The maximum Gasteiger partial charge on any atom is 0.226 e. The molecule has 1 rings (SSSR count).